The molecule has 9 nitrogen and oxygen atoms in total. The minimum absolute atomic E-state index is 0. The van der Waals surface area contributed by atoms with Gasteiger partial charge in [0.2, 0.25) is 5.88 Å². The van der Waals surface area contributed by atoms with Gasteiger partial charge in [-0.15, -0.1) is 17.0 Å². The van der Waals surface area contributed by atoms with Gasteiger partial charge in [0.15, 0.2) is 0 Å². The summed E-state index contributed by atoms with van der Waals surface area (Å²) in [6, 6.07) is 21.7. The van der Waals surface area contributed by atoms with E-state index in [1.807, 2.05) is 46.8 Å². The summed E-state index contributed by atoms with van der Waals surface area (Å²) >= 11 is 0. The van der Waals surface area contributed by atoms with Gasteiger partial charge in [-0.25, -0.2) is 4.98 Å². The second kappa shape index (κ2) is 14.9. The number of methoxy groups -OCH3 is 1. The number of pyridine rings is 1. The lowest BCUT2D eigenvalue weighted by atomic mass is 10.0. The number of carbonyl (C=O) groups is 2. The van der Waals surface area contributed by atoms with Crippen LogP contribution in [0.1, 0.15) is 37.5 Å². The first-order chi connectivity index (χ1) is 23.4. The van der Waals surface area contributed by atoms with Crippen LogP contribution in [-0.2, 0) is 19.8 Å². The van der Waals surface area contributed by atoms with Crippen LogP contribution in [0.15, 0.2) is 85.1 Å². The van der Waals surface area contributed by atoms with Crippen LogP contribution in [0.4, 0.5) is 18.9 Å². The molecule has 0 unspecified atom stereocenters. The second-order valence-electron chi connectivity index (χ2n) is 12.1. The molecule has 1 aliphatic heterocycles. The molecule has 262 valence electrons. The fourth-order valence-electron chi connectivity index (χ4n) is 5.99. The minimum atomic E-state index is -4.49. The number of ether oxygens (including phenoxy) is 2. The van der Waals surface area contributed by atoms with Gasteiger partial charge in [0.25, 0.3) is 11.8 Å². The van der Waals surface area contributed by atoms with Crippen molar-refractivity contribution < 1.29 is 32.2 Å². The molecule has 0 saturated carbocycles. The molecule has 1 aliphatic rings. The van der Waals surface area contributed by atoms with Gasteiger partial charge >= 0.3 is 6.18 Å². The van der Waals surface area contributed by atoms with Crippen molar-refractivity contribution in [2.24, 2.45) is 7.05 Å². The quantitative estimate of drug-likeness (QED) is 0.163. The van der Waals surface area contributed by atoms with E-state index in [9.17, 15) is 22.8 Å². The van der Waals surface area contributed by atoms with Crippen LogP contribution in [0.3, 0.4) is 0 Å². The van der Waals surface area contributed by atoms with Crippen LogP contribution in [0.2, 0.25) is 0 Å². The molecule has 0 N–H and O–H groups in total. The summed E-state index contributed by atoms with van der Waals surface area (Å²) in [6.45, 7) is 5.13. The molecule has 5 aromatic rings. The number of fused-ring (bicyclic) bond motifs is 1. The molecule has 0 atom stereocenters. The number of aromatic nitrogens is 2. The van der Waals surface area contributed by atoms with Crippen molar-refractivity contribution in [3.8, 4) is 17.4 Å². The molecule has 0 aliphatic carbocycles. The first kappa shape index (κ1) is 36.4. The summed E-state index contributed by atoms with van der Waals surface area (Å²) in [7, 11) is 5.06. The van der Waals surface area contributed by atoms with Gasteiger partial charge in [0, 0.05) is 69.4 Å². The summed E-state index contributed by atoms with van der Waals surface area (Å²) in [6.07, 6.45) is -3.03. The predicted octanol–water partition coefficient (Wildman–Crippen LogP) is 7.51. The number of halogens is 4. The Bertz CT molecular complexity index is 1990. The molecule has 0 spiro atoms. The maximum absolute atomic E-state index is 13.6. The lowest BCUT2D eigenvalue weighted by Gasteiger charge is -2.34. The Labute approximate surface area is 298 Å². The summed E-state index contributed by atoms with van der Waals surface area (Å²) < 4.78 is 52.3. The second-order valence-corrected chi connectivity index (χ2v) is 12.1. The van der Waals surface area contributed by atoms with Crippen LogP contribution in [0.5, 0.6) is 17.4 Å². The van der Waals surface area contributed by atoms with E-state index in [1.54, 1.807) is 25.3 Å². The summed E-state index contributed by atoms with van der Waals surface area (Å²) in [5, 5.41) is 0.843. The highest BCUT2D eigenvalue weighted by Crippen LogP contribution is 2.32. The number of amides is 2. The van der Waals surface area contributed by atoms with Crippen LogP contribution in [0, 0.1) is 6.92 Å². The topological polar surface area (TPSA) is 80.1 Å². The Kier molecular flexibility index (Phi) is 10.9. The van der Waals surface area contributed by atoms with Crippen molar-refractivity contribution in [1.82, 2.24) is 19.4 Å². The molecular formula is C37H37BrF3N5O4. The third-order valence-corrected chi connectivity index (χ3v) is 8.88. The number of alkyl halides is 3. The minimum Gasteiger partial charge on any atom is -0.497 e. The first-order valence-electron chi connectivity index (χ1n) is 15.7. The molecule has 6 rings (SSSR count). The number of nitrogens with zero attached hydrogens (tertiary/aromatic N) is 5. The summed E-state index contributed by atoms with van der Waals surface area (Å²) in [5.74, 6) is 1.16. The van der Waals surface area contributed by atoms with Crippen LogP contribution >= 0.6 is 17.0 Å². The van der Waals surface area contributed by atoms with Crippen molar-refractivity contribution in [3.05, 3.63) is 113 Å². The monoisotopic (exact) mass is 751 g/mol. The fourth-order valence-corrected chi connectivity index (χ4v) is 5.99. The summed E-state index contributed by atoms with van der Waals surface area (Å²) in [4.78, 5) is 36.5. The number of anilines is 1. The van der Waals surface area contributed by atoms with E-state index < -0.39 is 17.6 Å². The molecule has 3 heterocycles. The van der Waals surface area contributed by atoms with Crippen molar-refractivity contribution in [2.75, 3.05) is 45.2 Å². The molecule has 50 heavy (non-hydrogen) atoms. The Morgan fingerprint density at radius 1 is 0.900 bits per heavy atom. The number of hydrogen-bond acceptors (Lipinski definition) is 6. The molecule has 13 heteroatoms. The Morgan fingerprint density at radius 3 is 2.22 bits per heavy atom. The highest BCUT2D eigenvalue weighted by molar-refractivity contribution is 8.93. The van der Waals surface area contributed by atoms with E-state index in [1.165, 1.54) is 36.7 Å². The average molecular weight is 753 g/mol. The van der Waals surface area contributed by atoms with Gasteiger partial charge in [-0.2, -0.15) is 13.2 Å². The average Bonchev–Trinajstić information content (AvgIpc) is 3.43. The van der Waals surface area contributed by atoms with Gasteiger partial charge in [-0.3, -0.25) is 14.5 Å². The number of aryl methyl sites for hydroxylation is 2. The maximum atomic E-state index is 13.6. The van der Waals surface area contributed by atoms with Gasteiger partial charge < -0.3 is 23.8 Å². The molecule has 1 saturated heterocycles. The van der Waals surface area contributed by atoms with Gasteiger partial charge in [0.1, 0.15) is 17.2 Å². The third kappa shape index (κ3) is 7.79. The number of hydrogen-bond donors (Lipinski definition) is 0. The number of rotatable bonds is 8. The van der Waals surface area contributed by atoms with Crippen LogP contribution in [0.25, 0.3) is 10.9 Å². The number of piperazine rings is 1. The molecule has 0 radical (unpaired) electrons. The van der Waals surface area contributed by atoms with E-state index >= 15 is 0 Å². The SMILES string of the molecule is Br.COc1ccc(CN2CCN(C(=O)c3cc4cc(Oc5ccc(N(C)C(=O)c6ccc(C(F)(F)F)cc6C)cn5)ccc4n3C)CC2)cc1. The smallest absolute Gasteiger partial charge is 0.416 e. The number of carbonyl (C=O) groups excluding carboxylic acids is 2. The Morgan fingerprint density at radius 2 is 1.60 bits per heavy atom. The van der Waals surface area contributed by atoms with E-state index in [-0.39, 0.29) is 39.9 Å². The molecule has 0 bridgehead atoms. The van der Waals surface area contributed by atoms with Crippen molar-refractivity contribution in [1.29, 1.82) is 0 Å². The van der Waals surface area contributed by atoms with Gasteiger partial charge in [-0.1, -0.05) is 12.1 Å². The van der Waals surface area contributed by atoms with Crippen molar-refractivity contribution >= 4 is 45.4 Å². The summed E-state index contributed by atoms with van der Waals surface area (Å²) in [5.41, 5.74) is 2.71. The molecule has 2 aromatic heterocycles. The first-order valence-corrected chi connectivity index (χ1v) is 15.7. The highest BCUT2D eigenvalue weighted by Gasteiger charge is 2.31. The number of benzene rings is 3. The van der Waals surface area contributed by atoms with Crippen molar-refractivity contribution in [3.63, 3.8) is 0 Å². The van der Waals surface area contributed by atoms with E-state index in [0.717, 1.165) is 48.4 Å². The lowest BCUT2D eigenvalue weighted by Crippen LogP contribution is -2.48. The zero-order chi connectivity index (χ0) is 34.9. The molecule has 3 aromatic carbocycles. The Hall–Kier alpha value is -4.88. The highest BCUT2D eigenvalue weighted by atomic mass is 79.9. The standard InChI is InChI=1S/C37H36F3N5O4.BrH/c1-24-19-27(37(38,39)40)7-12-31(24)35(46)42(2)28-8-14-34(41-22-28)49-30-11-13-32-26(20-30)21-33(43(32)3)36(47)45-17-15-44(16-18-45)23-25-5-9-29(48-4)10-6-25;/h5-14,19-22H,15-18,23H2,1-4H3;1H. The van der Waals surface area contributed by atoms with Crippen LogP contribution in [-0.4, -0.2) is 71.5 Å². The van der Waals surface area contributed by atoms with Crippen molar-refractivity contribution in [2.45, 2.75) is 19.6 Å². The maximum Gasteiger partial charge on any atom is 0.416 e. The normalized spacial score (nSPS) is 13.5. The van der Waals surface area contributed by atoms with Crippen LogP contribution < -0.4 is 14.4 Å². The third-order valence-electron chi connectivity index (χ3n) is 8.88. The fraction of sp³-hybridized carbons (Fsp3) is 0.270. The lowest BCUT2D eigenvalue weighted by molar-refractivity contribution is -0.137. The van der Waals surface area contributed by atoms with E-state index in [0.29, 0.717) is 30.2 Å². The van der Waals surface area contributed by atoms with E-state index in [2.05, 4.69) is 22.0 Å². The Balaban J connectivity index is 0.00000486. The molecule has 2 amide bonds. The zero-order valence-corrected chi connectivity index (χ0v) is 29.7. The largest absolute Gasteiger partial charge is 0.497 e. The predicted molar refractivity (Wildman–Crippen MR) is 191 cm³/mol. The van der Waals surface area contributed by atoms with Gasteiger partial charge in [0.05, 0.1) is 24.6 Å². The van der Waals surface area contributed by atoms with Gasteiger partial charge in [-0.05, 0) is 78.7 Å². The zero-order valence-electron chi connectivity index (χ0n) is 28.0. The molecule has 1 fully saturated rings. The van der Waals surface area contributed by atoms with E-state index in [4.69, 9.17) is 9.47 Å². The molecular weight excluding hydrogens is 715 g/mol.